The number of nitrogens with one attached hydrogen (secondary N) is 1. The van der Waals surface area contributed by atoms with E-state index in [2.05, 4.69) is 27.1 Å². The van der Waals surface area contributed by atoms with Crippen LogP contribution in [0.5, 0.6) is 0 Å². The van der Waals surface area contributed by atoms with Gasteiger partial charge < -0.3 is 10.2 Å². The molecule has 1 atom stereocenters. The van der Waals surface area contributed by atoms with Gasteiger partial charge in [0.1, 0.15) is 11.9 Å². The fraction of sp³-hybridized carbons (Fsp3) is 0.643. The first-order chi connectivity index (χ1) is 9.29. The fourth-order valence-corrected chi connectivity index (χ4v) is 2.47. The Morgan fingerprint density at radius 2 is 2.32 bits per heavy atom. The molecule has 5 nitrogen and oxygen atoms in total. The molecule has 1 unspecified atom stereocenters. The third kappa shape index (κ3) is 4.18. The summed E-state index contributed by atoms with van der Waals surface area (Å²) in [5, 5.41) is 11.9. The minimum Gasteiger partial charge on any atom is -0.369 e. The molecule has 0 amide bonds. The molecular formula is C14H21N5. The van der Waals surface area contributed by atoms with Crippen molar-refractivity contribution in [3.8, 4) is 6.07 Å². The van der Waals surface area contributed by atoms with Crippen molar-refractivity contribution in [1.29, 1.82) is 5.26 Å². The number of hydrogen-bond acceptors (Lipinski definition) is 5. The van der Waals surface area contributed by atoms with Crippen molar-refractivity contribution in [2.45, 2.75) is 38.6 Å². The Balaban J connectivity index is 1.67. The minimum atomic E-state index is 0.354. The molecule has 1 aromatic heterocycles. The lowest BCUT2D eigenvalue weighted by Crippen LogP contribution is -2.38. The Hall–Kier alpha value is -1.67. The number of nitrogens with zero attached hydrogens (tertiary/aromatic N) is 4. The molecule has 2 rings (SSSR count). The van der Waals surface area contributed by atoms with Gasteiger partial charge in [0.15, 0.2) is 5.69 Å². The summed E-state index contributed by atoms with van der Waals surface area (Å²) < 4.78 is 0. The molecule has 0 aliphatic carbocycles. The lowest BCUT2D eigenvalue weighted by molar-refractivity contribution is 0.160. The Kier molecular flexibility index (Phi) is 5.10. The maximum Gasteiger partial charge on any atom is 0.158 e. The highest BCUT2D eigenvalue weighted by molar-refractivity contribution is 5.32. The van der Waals surface area contributed by atoms with E-state index in [9.17, 15) is 0 Å². The normalized spacial score (nSPS) is 19.9. The summed E-state index contributed by atoms with van der Waals surface area (Å²) in [5.41, 5.74) is 0.354. The van der Waals surface area contributed by atoms with E-state index < -0.39 is 0 Å². The number of anilines is 1. The van der Waals surface area contributed by atoms with Gasteiger partial charge in [0, 0.05) is 19.1 Å². The monoisotopic (exact) mass is 259 g/mol. The van der Waals surface area contributed by atoms with Crippen molar-refractivity contribution in [2.24, 2.45) is 0 Å². The second-order valence-electron chi connectivity index (χ2n) is 5.06. The van der Waals surface area contributed by atoms with Crippen LogP contribution in [0.1, 0.15) is 38.3 Å². The molecule has 1 aliphatic heterocycles. The molecule has 1 fully saturated rings. The van der Waals surface area contributed by atoms with Gasteiger partial charge in [-0.15, -0.1) is 0 Å². The largest absolute Gasteiger partial charge is 0.369 e. The number of rotatable bonds is 5. The Bertz CT molecular complexity index is 422. The van der Waals surface area contributed by atoms with Crippen LogP contribution in [0.15, 0.2) is 12.4 Å². The lowest BCUT2D eigenvalue weighted by atomic mass is 10.0. The van der Waals surface area contributed by atoms with Crippen LogP contribution in [0.2, 0.25) is 0 Å². The van der Waals surface area contributed by atoms with Gasteiger partial charge in [-0.2, -0.15) is 5.26 Å². The zero-order chi connectivity index (χ0) is 13.5. The van der Waals surface area contributed by atoms with Gasteiger partial charge in [-0.3, -0.25) is 0 Å². The van der Waals surface area contributed by atoms with E-state index in [-0.39, 0.29) is 0 Å². The number of nitriles is 1. The SMILES string of the molecule is CC1CCCCN1CCCNc1cnc(C#N)cn1. The highest BCUT2D eigenvalue weighted by Gasteiger charge is 2.16. The van der Waals surface area contributed by atoms with E-state index >= 15 is 0 Å². The van der Waals surface area contributed by atoms with E-state index in [1.165, 1.54) is 32.0 Å². The minimum absolute atomic E-state index is 0.354. The van der Waals surface area contributed by atoms with Gasteiger partial charge in [0.05, 0.1) is 12.4 Å². The van der Waals surface area contributed by atoms with Gasteiger partial charge in [-0.05, 0) is 32.7 Å². The third-order valence-corrected chi connectivity index (χ3v) is 3.64. The zero-order valence-corrected chi connectivity index (χ0v) is 11.5. The van der Waals surface area contributed by atoms with Gasteiger partial charge in [0.2, 0.25) is 0 Å². The van der Waals surface area contributed by atoms with E-state index in [1.807, 2.05) is 6.07 Å². The van der Waals surface area contributed by atoms with E-state index in [0.29, 0.717) is 5.69 Å². The summed E-state index contributed by atoms with van der Waals surface area (Å²) in [6.45, 7) is 5.58. The van der Waals surface area contributed by atoms with Crippen molar-refractivity contribution in [3.05, 3.63) is 18.1 Å². The summed E-state index contributed by atoms with van der Waals surface area (Å²) in [7, 11) is 0. The standard InChI is InChI=1S/C14H21N5/c1-12-5-2-3-7-19(12)8-4-6-16-14-11-17-13(9-15)10-18-14/h10-12H,2-8H2,1H3,(H,16,18). The van der Waals surface area contributed by atoms with Gasteiger partial charge in [-0.25, -0.2) is 9.97 Å². The molecule has 1 saturated heterocycles. The summed E-state index contributed by atoms with van der Waals surface area (Å²) in [5.74, 6) is 0.741. The molecule has 2 heterocycles. The number of piperidine rings is 1. The quantitative estimate of drug-likeness (QED) is 0.820. The van der Waals surface area contributed by atoms with Crippen LogP contribution in [0, 0.1) is 11.3 Å². The maximum atomic E-state index is 8.63. The number of aromatic nitrogens is 2. The van der Waals surface area contributed by atoms with Crippen LogP contribution in [0.3, 0.4) is 0 Å². The summed E-state index contributed by atoms with van der Waals surface area (Å²) in [4.78, 5) is 10.7. The molecule has 0 spiro atoms. The van der Waals surface area contributed by atoms with Crippen LogP contribution in [0.25, 0.3) is 0 Å². The molecule has 0 aromatic carbocycles. The van der Waals surface area contributed by atoms with E-state index in [1.54, 1.807) is 6.20 Å². The highest BCUT2D eigenvalue weighted by atomic mass is 15.2. The van der Waals surface area contributed by atoms with Crippen molar-refractivity contribution in [3.63, 3.8) is 0 Å². The number of hydrogen-bond donors (Lipinski definition) is 1. The molecule has 5 heteroatoms. The fourth-order valence-electron chi connectivity index (χ4n) is 2.47. The van der Waals surface area contributed by atoms with Crippen LogP contribution < -0.4 is 5.32 Å². The van der Waals surface area contributed by atoms with Crippen molar-refractivity contribution >= 4 is 5.82 Å². The molecule has 102 valence electrons. The van der Waals surface area contributed by atoms with Gasteiger partial charge in [0.25, 0.3) is 0 Å². The smallest absolute Gasteiger partial charge is 0.158 e. The first-order valence-electron chi connectivity index (χ1n) is 6.99. The molecule has 0 saturated carbocycles. The van der Waals surface area contributed by atoms with Gasteiger partial charge >= 0.3 is 0 Å². The molecule has 1 aliphatic rings. The second kappa shape index (κ2) is 7.05. The average Bonchev–Trinajstić information content (AvgIpc) is 2.46. The highest BCUT2D eigenvalue weighted by Crippen LogP contribution is 2.16. The number of likely N-dealkylation sites (tertiary alicyclic amines) is 1. The lowest BCUT2D eigenvalue weighted by Gasteiger charge is -2.33. The van der Waals surface area contributed by atoms with Crippen LogP contribution in [-0.2, 0) is 0 Å². The maximum absolute atomic E-state index is 8.63. The van der Waals surface area contributed by atoms with Crippen LogP contribution in [-0.4, -0.2) is 40.5 Å². The van der Waals surface area contributed by atoms with E-state index in [4.69, 9.17) is 5.26 Å². The van der Waals surface area contributed by atoms with Crippen molar-refractivity contribution in [1.82, 2.24) is 14.9 Å². The molecule has 0 bridgehead atoms. The second-order valence-corrected chi connectivity index (χ2v) is 5.06. The molecule has 1 aromatic rings. The summed E-state index contributed by atoms with van der Waals surface area (Å²) >= 11 is 0. The van der Waals surface area contributed by atoms with Crippen LogP contribution >= 0.6 is 0 Å². The molecule has 19 heavy (non-hydrogen) atoms. The van der Waals surface area contributed by atoms with Crippen molar-refractivity contribution < 1.29 is 0 Å². The Morgan fingerprint density at radius 1 is 1.42 bits per heavy atom. The summed E-state index contributed by atoms with van der Waals surface area (Å²) in [6.07, 6.45) is 8.24. The predicted octanol–water partition coefficient (Wildman–Crippen LogP) is 2.02. The molecule has 0 radical (unpaired) electrons. The van der Waals surface area contributed by atoms with Gasteiger partial charge in [-0.1, -0.05) is 6.42 Å². The topological polar surface area (TPSA) is 64.8 Å². The zero-order valence-electron chi connectivity index (χ0n) is 11.5. The third-order valence-electron chi connectivity index (χ3n) is 3.64. The average molecular weight is 259 g/mol. The summed E-state index contributed by atoms with van der Waals surface area (Å²) in [6, 6.07) is 2.69. The molecule has 1 N–H and O–H groups in total. The van der Waals surface area contributed by atoms with E-state index in [0.717, 1.165) is 31.4 Å². The van der Waals surface area contributed by atoms with Crippen LogP contribution in [0.4, 0.5) is 5.82 Å². The first kappa shape index (κ1) is 13.8. The van der Waals surface area contributed by atoms with Crippen molar-refractivity contribution in [2.75, 3.05) is 25.0 Å². The predicted molar refractivity (Wildman–Crippen MR) is 74.7 cm³/mol. The Morgan fingerprint density at radius 3 is 3.00 bits per heavy atom. The Labute approximate surface area is 114 Å². The first-order valence-corrected chi connectivity index (χ1v) is 6.99. The molecular weight excluding hydrogens is 238 g/mol.